The third-order valence-corrected chi connectivity index (χ3v) is 9.49. The second-order valence-electron chi connectivity index (χ2n) is 13.5. The highest BCUT2D eigenvalue weighted by atomic mass is 31.2. The molecule has 0 bridgehead atoms. The second-order valence-corrected chi connectivity index (χ2v) is 14.9. The van der Waals surface area contributed by atoms with E-state index in [1.807, 2.05) is 0 Å². The number of hydrogen-bond acceptors (Lipinski definition) is 7. The molecule has 0 aromatic rings. The summed E-state index contributed by atoms with van der Waals surface area (Å²) in [4.78, 5) is 22.4. The first-order chi connectivity index (χ1) is 24.9. The third kappa shape index (κ3) is 39.5. The van der Waals surface area contributed by atoms with E-state index in [9.17, 15) is 14.3 Å². The number of carbonyl (C=O) groups excluding carboxylic acids is 1. The first kappa shape index (κ1) is 49.5. The Bertz CT molecular complexity index is 921. The highest BCUT2D eigenvalue weighted by molar-refractivity contribution is 7.47. The Morgan fingerprint density at radius 3 is 1.65 bits per heavy atom. The fourth-order valence-electron chi connectivity index (χ4n) is 5.52. The monoisotopic (exact) mass is 740 g/mol. The molecule has 0 aliphatic heterocycles. The van der Waals surface area contributed by atoms with Gasteiger partial charge in [0.1, 0.15) is 6.10 Å². The van der Waals surface area contributed by atoms with Crippen molar-refractivity contribution in [1.82, 2.24) is 0 Å². The van der Waals surface area contributed by atoms with Gasteiger partial charge in [0, 0.05) is 19.6 Å². The minimum atomic E-state index is -4.26. The topological polar surface area (TPSA) is 117 Å². The van der Waals surface area contributed by atoms with Crippen LogP contribution in [0, 0.1) is 0 Å². The molecule has 0 heterocycles. The molecule has 0 saturated heterocycles. The summed E-state index contributed by atoms with van der Waals surface area (Å²) in [6.45, 7) is 4.77. The highest BCUT2D eigenvalue weighted by Gasteiger charge is 2.25. The summed E-state index contributed by atoms with van der Waals surface area (Å²) in [5, 5.41) is 0. The number of unbranched alkanes of at least 4 members (excludes halogenated alkanes) is 18. The summed E-state index contributed by atoms with van der Waals surface area (Å²) < 4.78 is 33.2. The van der Waals surface area contributed by atoms with Crippen molar-refractivity contribution in [3.05, 3.63) is 48.6 Å². The Labute approximate surface area is 313 Å². The first-order valence-corrected chi connectivity index (χ1v) is 22.1. The van der Waals surface area contributed by atoms with Gasteiger partial charge < -0.3 is 20.1 Å². The zero-order valence-electron chi connectivity index (χ0n) is 32.8. The van der Waals surface area contributed by atoms with E-state index in [0.29, 0.717) is 13.0 Å². The largest absolute Gasteiger partial charge is 0.472 e. The second kappa shape index (κ2) is 39.7. The van der Waals surface area contributed by atoms with Crippen LogP contribution in [-0.4, -0.2) is 49.9 Å². The van der Waals surface area contributed by atoms with E-state index in [-0.39, 0.29) is 32.3 Å². The third-order valence-electron chi connectivity index (χ3n) is 8.51. The molecule has 2 unspecified atom stereocenters. The van der Waals surface area contributed by atoms with Crippen molar-refractivity contribution in [2.24, 2.45) is 5.73 Å². The Hall–Kier alpha value is -1.54. The molecule has 0 fully saturated rings. The highest BCUT2D eigenvalue weighted by Crippen LogP contribution is 2.43. The summed E-state index contributed by atoms with van der Waals surface area (Å²) in [6, 6.07) is 0. The number of rotatable bonds is 39. The summed E-state index contributed by atoms with van der Waals surface area (Å²) >= 11 is 0. The number of allylic oxidation sites excluding steroid dienone is 8. The molecule has 0 aliphatic rings. The maximum Gasteiger partial charge on any atom is 0.472 e. The molecule has 0 aromatic heterocycles. The Morgan fingerprint density at radius 2 is 1.10 bits per heavy atom. The van der Waals surface area contributed by atoms with Crippen LogP contribution in [0.15, 0.2) is 48.6 Å². The maximum atomic E-state index is 12.5. The van der Waals surface area contributed by atoms with Crippen LogP contribution in [-0.2, 0) is 27.9 Å². The van der Waals surface area contributed by atoms with Crippen LogP contribution in [0.25, 0.3) is 0 Å². The van der Waals surface area contributed by atoms with Crippen LogP contribution in [0.1, 0.15) is 174 Å². The molecule has 0 saturated carbocycles. The predicted molar refractivity (Wildman–Crippen MR) is 215 cm³/mol. The molecule has 0 spiro atoms. The minimum absolute atomic E-state index is 0.0960. The number of carbonyl (C=O) groups is 1. The molecule has 0 amide bonds. The van der Waals surface area contributed by atoms with Gasteiger partial charge in [-0.15, -0.1) is 0 Å². The standard InChI is InChI=1S/C42H78NO7P/c1-3-5-7-9-11-12-13-14-15-16-17-18-19-20-21-22-23-24-25-26-27-28-29-31-33-35-42(44)50-41(40-49-51(45,46)48-38-36-43)39-47-37-34-32-30-10-8-6-4-2/h5,7,11-12,14-15,17-18,41H,3-4,6,8-10,13,16,19-40,43H2,1-2H3,(H,45,46)/b7-5-,12-11-,15-14-,18-17-. The number of hydrogen-bond donors (Lipinski definition) is 2. The molecule has 0 aromatic carbocycles. The fourth-order valence-corrected chi connectivity index (χ4v) is 6.28. The lowest BCUT2D eigenvalue weighted by molar-refractivity contribution is -0.154. The van der Waals surface area contributed by atoms with Gasteiger partial charge in [0.05, 0.1) is 19.8 Å². The van der Waals surface area contributed by atoms with E-state index in [1.165, 1.54) is 96.3 Å². The molecule has 51 heavy (non-hydrogen) atoms. The molecule has 0 rings (SSSR count). The SMILES string of the molecule is CC/C=C\C/C=C\C/C=C\C/C=C\CCCCCCCCCCCCCCC(=O)OC(COCCCCCCCCC)COP(=O)(O)OCCN. The Balaban J connectivity index is 3.87. The number of ether oxygens (including phenoxy) is 2. The molecule has 0 radical (unpaired) electrons. The van der Waals surface area contributed by atoms with E-state index in [4.69, 9.17) is 24.3 Å². The first-order valence-electron chi connectivity index (χ1n) is 20.6. The van der Waals surface area contributed by atoms with E-state index in [0.717, 1.165) is 57.8 Å². The van der Waals surface area contributed by atoms with Gasteiger partial charge in [-0.2, -0.15) is 0 Å². The van der Waals surface area contributed by atoms with Gasteiger partial charge >= 0.3 is 13.8 Å². The number of nitrogens with two attached hydrogens (primary N) is 1. The lowest BCUT2D eigenvalue weighted by Crippen LogP contribution is -2.28. The van der Waals surface area contributed by atoms with Gasteiger partial charge in [-0.05, 0) is 51.4 Å². The lowest BCUT2D eigenvalue weighted by Gasteiger charge is -2.20. The molecular formula is C42H78NO7P. The van der Waals surface area contributed by atoms with Crippen LogP contribution in [0.4, 0.5) is 0 Å². The van der Waals surface area contributed by atoms with Crippen molar-refractivity contribution in [1.29, 1.82) is 0 Å². The van der Waals surface area contributed by atoms with Gasteiger partial charge in [-0.3, -0.25) is 13.8 Å². The molecule has 9 heteroatoms. The number of esters is 1. The van der Waals surface area contributed by atoms with E-state index in [1.54, 1.807) is 0 Å². The van der Waals surface area contributed by atoms with Crippen LogP contribution < -0.4 is 5.73 Å². The summed E-state index contributed by atoms with van der Waals surface area (Å²) in [5.41, 5.74) is 5.34. The van der Waals surface area contributed by atoms with Crippen molar-refractivity contribution >= 4 is 13.8 Å². The molecule has 3 N–H and O–H groups in total. The van der Waals surface area contributed by atoms with Crippen LogP contribution in [0.3, 0.4) is 0 Å². The minimum Gasteiger partial charge on any atom is -0.457 e. The quantitative estimate of drug-likeness (QED) is 0.0277. The average molecular weight is 740 g/mol. The maximum absolute atomic E-state index is 12.5. The number of phosphoric acid groups is 1. The average Bonchev–Trinajstić information content (AvgIpc) is 3.12. The van der Waals surface area contributed by atoms with E-state index < -0.39 is 13.9 Å². The zero-order chi connectivity index (χ0) is 37.4. The Kier molecular flexibility index (Phi) is 38.5. The molecule has 298 valence electrons. The van der Waals surface area contributed by atoms with Gasteiger partial charge in [0.25, 0.3) is 0 Å². The smallest absolute Gasteiger partial charge is 0.457 e. The van der Waals surface area contributed by atoms with Gasteiger partial charge in [0.15, 0.2) is 0 Å². The van der Waals surface area contributed by atoms with Crippen LogP contribution in [0.5, 0.6) is 0 Å². The molecule has 8 nitrogen and oxygen atoms in total. The van der Waals surface area contributed by atoms with E-state index >= 15 is 0 Å². The number of phosphoric ester groups is 1. The van der Waals surface area contributed by atoms with E-state index in [2.05, 4.69) is 62.5 Å². The molecule has 2 atom stereocenters. The normalized spacial score (nSPS) is 14.0. The fraction of sp³-hybridized carbons (Fsp3) is 0.786. The van der Waals surface area contributed by atoms with Gasteiger partial charge in [0.2, 0.25) is 0 Å². The van der Waals surface area contributed by atoms with Crippen LogP contribution >= 0.6 is 7.82 Å². The van der Waals surface area contributed by atoms with Crippen molar-refractivity contribution in [3.8, 4) is 0 Å². The summed E-state index contributed by atoms with van der Waals surface area (Å²) in [7, 11) is -4.26. The van der Waals surface area contributed by atoms with Crippen molar-refractivity contribution in [2.75, 3.05) is 33.0 Å². The molecular weight excluding hydrogens is 661 g/mol. The molecule has 0 aliphatic carbocycles. The van der Waals surface area contributed by atoms with Gasteiger partial charge in [-0.25, -0.2) is 4.57 Å². The zero-order valence-corrected chi connectivity index (χ0v) is 33.7. The predicted octanol–water partition coefficient (Wildman–Crippen LogP) is 12.0. The van der Waals surface area contributed by atoms with Gasteiger partial charge in [-0.1, -0.05) is 165 Å². The lowest BCUT2D eigenvalue weighted by atomic mass is 10.0. The Morgan fingerprint density at radius 1 is 0.608 bits per heavy atom. The summed E-state index contributed by atoms with van der Waals surface area (Å²) in [6.07, 6.45) is 45.7. The van der Waals surface area contributed by atoms with Crippen molar-refractivity contribution in [2.45, 2.75) is 180 Å². The van der Waals surface area contributed by atoms with Crippen molar-refractivity contribution in [3.63, 3.8) is 0 Å². The summed E-state index contributed by atoms with van der Waals surface area (Å²) in [5.74, 6) is -0.336. The van der Waals surface area contributed by atoms with Crippen molar-refractivity contribution < 1.29 is 32.8 Å². The van der Waals surface area contributed by atoms with Crippen LogP contribution in [0.2, 0.25) is 0 Å².